The van der Waals surface area contributed by atoms with Gasteiger partial charge in [-0.25, -0.2) is 4.79 Å². The lowest BCUT2D eigenvalue weighted by Gasteiger charge is -2.30. The summed E-state index contributed by atoms with van der Waals surface area (Å²) in [4.78, 5) is 13.5. The number of carbonyl (C=O) groups excluding carboxylic acids is 1. The molecule has 0 bridgehead atoms. The molecule has 1 aliphatic rings. The van der Waals surface area contributed by atoms with Gasteiger partial charge >= 0.3 is 6.09 Å². The maximum atomic E-state index is 11.9. The molecule has 1 saturated heterocycles. The number of carbonyl (C=O) groups is 1. The molecule has 5 nitrogen and oxygen atoms in total. The number of likely N-dealkylation sites (tertiary alicyclic amines) is 1. The Morgan fingerprint density at radius 3 is 2.71 bits per heavy atom. The number of hydrogen-bond donors (Lipinski definition) is 2. The van der Waals surface area contributed by atoms with Gasteiger partial charge in [-0.15, -0.1) is 0 Å². The SMILES string of the molecule is CC(C)(C)OC(=O)N1CCCC1C(O)CCO. The van der Waals surface area contributed by atoms with Crippen LogP contribution in [0, 0.1) is 0 Å². The average molecular weight is 245 g/mol. The van der Waals surface area contributed by atoms with Crippen LogP contribution in [0.2, 0.25) is 0 Å². The van der Waals surface area contributed by atoms with E-state index >= 15 is 0 Å². The van der Waals surface area contributed by atoms with E-state index in [0.29, 0.717) is 13.0 Å². The third kappa shape index (κ3) is 4.16. The van der Waals surface area contributed by atoms with Crippen molar-refractivity contribution in [2.24, 2.45) is 0 Å². The molecule has 2 atom stereocenters. The number of aliphatic hydroxyl groups excluding tert-OH is 2. The van der Waals surface area contributed by atoms with Gasteiger partial charge in [-0.2, -0.15) is 0 Å². The molecule has 0 radical (unpaired) electrons. The van der Waals surface area contributed by atoms with E-state index < -0.39 is 11.7 Å². The fourth-order valence-corrected chi connectivity index (χ4v) is 2.06. The van der Waals surface area contributed by atoms with Gasteiger partial charge in [0.2, 0.25) is 0 Å². The number of amides is 1. The van der Waals surface area contributed by atoms with Crippen LogP contribution in [0.15, 0.2) is 0 Å². The molecular formula is C12H23NO4. The number of hydrogen-bond acceptors (Lipinski definition) is 4. The minimum absolute atomic E-state index is 0.0696. The van der Waals surface area contributed by atoms with Crippen LogP contribution in [-0.4, -0.2) is 52.1 Å². The monoisotopic (exact) mass is 245 g/mol. The molecule has 1 amide bonds. The summed E-state index contributed by atoms with van der Waals surface area (Å²) in [6.45, 7) is 6.00. The second kappa shape index (κ2) is 5.69. The number of rotatable bonds is 3. The predicted molar refractivity (Wildman–Crippen MR) is 63.7 cm³/mol. The van der Waals surface area contributed by atoms with Gasteiger partial charge in [0.25, 0.3) is 0 Å². The van der Waals surface area contributed by atoms with Crippen molar-refractivity contribution < 1.29 is 19.7 Å². The van der Waals surface area contributed by atoms with Crippen molar-refractivity contribution in [3.05, 3.63) is 0 Å². The first kappa shape index (κ1) is 14.3. The zero-order chi connectivity index (χ0) is 13.1. The van der Waals surface area contributed by atoms with Gasteiger partial charge in [-0.1, -0.05) is 0 Å². The van der Waals surface area contributed by atoms with E-state index in [1.54, 1.807) is 4.90 Å². The second-order valence-corrected chi connectivity index (χ2v) is 5.46. The Morgan fingerprint density at radius 2 is 2.18 bits per heavy atom. The van der Waals surface area contributed by atoms with E-state index in [9.17, 15) is 9.90 Å². The van der Waals surface area contributed by atoms with Crippen molar-refractivity contribution in [1.82, 2.24) is 4.90 Å². The molecule has 0 saturated carbocycles. The summed E-state index contributed by atoms with van der Waals surface area (Å²) in [5.74, 6) is 0. The Balaban J connectivity index is 2.59. The number of nitrogens with zero attached hydrogens (tertiary/aromatic N) is 1. The third-order valence-electron chi connectivity index (χ3n) is 2.80. The molecule has 5 heteroatoms. The van der Waals surface area contributed by atoms with Gasteiger partial charge in [-0.3, -0.25) is 0 Å². The van der Waals surface area contributed by atoms with Crippen molar-refractivity contribution in [2.75, 3.05) is 13.2 Å². The van der Waals surface area contributed by atoms with Gasteiger partial charge in [0, 0.05) is 13.2 Å². The summed E-state index contributed by atoms with van der Waals surface area (Å²) in [6.07, 6.45) is 0.878. The Kier molecular flexibility index (Phi) is 4.77. The molecule has 0 aliphatic carbocycles. The quantitative estimate of drug-likeness (QED) is 0.782. The van der Waals surface area contributed by atoms with Crippen molar-refractivity contribution in [3.63, 3.8) is 0 Å². The lowest BCUT2D eigenvalue weighted by molar-refractivity contribution is 0.00115. The van der Waals surface area contributed by atoms with Crippen LogP contribution in [0.1, 0.15) is 40.0 Å². The van der Waals surface area contributed by atoms with E-state index in [1.807, 2.05) is 20.8 Å². The van der Waals surface area contributed by atoms with Crippen LogP contribution in [0.25, 0.3) is 0 Å². The number of aliphatic hydroxyl groups is 2. The molecule has 0 spiro atoms. The van der Waals surface area contributed by atoms with Crippen LogP contribution >= 0.6 is 0 Å². The highest BCUT2D eigenvalue weighted by Crippen LogP contribution is 2.24. The molecule has 1 heterocycles. The van der Waals surface area contributed by atoms with Gasteiger partial charge in [0.15, 0.2) is 0 Å². The summed E-state index contributed by atoms with van der Waals surface area (Å²) in [5.41, 5.74) is -0.522. The Morgan fingerprint density at radius 1 is 1.53 bits per heavy atom. The van der Waals surface area contributed by atoms with Crippen LogP contribution in [0.4, 0.5) is 4.79 Å². The zero-order valence-electron chi connectivity index (χ0n) is 10.8. The maximum absolute atomic E-state index is 11.9. The molecule has 1 fully saturated rings. The molecule has 0 aromatic heterocycles. The van der Waals surface area contributed by atoms with Gasteiger partial charge < -0.3 is 19.8 Å². The van der Waals surface area contributed by atoms with E-state index in [2.05, 4.69) is 0 Å². The third-order valence-corrected chi connectivity index (χ3v) is 2.80. The van der Waals surface area contributed by atoms with Crippen molar-refractivity contribution in [1.29, 1.82) is 0 Å². The highest BCUT2D eigenvalue weighted by molar-refractivity contribution is 5.69. The van der Waals surface area contributed by atoms with Gasteiger partial charge in [0.05, 0.1) is 12.1 Å². The lowest BCUT2D eigenvalue weighted by Crippen LogP contribution is -2.45. The first-order chi connectivity index (χ1) is 7.85. The summed E-state index contributed by atoms with van der Waals surface area (Å²) in [7, 11) is 0. The summed E-state index contributed by atoms with van der Waals surface area (Å²) >= 11 is 0. The molecule has 2 unspecified atom stereocenters. The first-order valence-corrected chi connectivity index (χ1v) is 6.13. The smallest absolute Gasteiger partial charge is 0.410 e. The Bertz CT molecular complexity index is 262. The zero-order valence-corrected chi connectivity index (χ0v) is 10.8. The first-order valence-electron chi connectivity index (χ1n) is 6.13. The summed E-state index contributed by atoms with van der Waals surface area (Å²) in [5, 5.41) is 18.7. The summed E-state index contributed by atoms with van der Waals surface area (Å²) in [6, 6.07) is -0.225. The van der Waals surface area contributed by atoms with Crippen LogP contribution < -0.4 is 0 Å². The maximum Gasteiger partial charge on any atom is 0.410 e. The standard InChI is InChI=1S/C12H23NO4/c1-12(2,3)17-11(16)13-7-4-5-9(13)10(15)6-8-14/h9-10,14-15H,4-8H2,1-3H3. The lowest BCUT2D eigenvalue weighted by atomic mass is 10.1. The van der Waals surface area contributed by atoms with E-state index in [0.717, 1.165) is 12.8 Å². The highest BCUT2D eigenvalue weighted by atomic mass is 16.6. The van der Waals surface area contributed by atoms with Crippen molar-refractivity contribution in [2.45, 2.75) is 57.8 Å². The largest absolute Gasteiger partial charge is 0.444 e. The van der Waals surface area contributed by atoms with Crippen molar-refractivity contribution >= 4 is 6.09 Å². The minimum atomic E-state index is -0.671. The molecular weight excluding hydrogens is 222 g/mol. The van der Waals surface area contributed by atoms with Gasteiger partial charge in [-0.05, 0) is 40.0 Å². The molecule has 0 aromatic rings. The molecule has 0 aromatic carbocycles. The normalized spacial score (nSPS) is 22.6. The van der Waals surface area contributed by atoms with Gasteiger partial charge in [0.1, 0.15) is 5.60 Å². The van der Waals surface area contributed by atoms with E-state index in [1.165, 1.54) is 0 Å². The topological polar surface area (TPSA) is 70.0 Å². The molecule has 1 rings (SSSR count). The van der Waals surface area contributed by atoms with Crippen LogP contribution in [0.3, 0.4) is 0 Å². The second-order valence-electron chi connectivity index (χ2n) is 5.46. The fourth-order valence-electron chi connectivity index (χ4n) is 2.06. The molecule has 100 valence electrons. The van der Waals surface area contributed by atoms with Crippen molar-refractivity contribution in [3.8, 4) is 0 Å². The predicted octanol–water partition coefficient (Wildman–Crippen LogP) is 1.13. The minimum Gasteiger partial charge on any atom is -0.444 e. The van der Waals surface area contributed by atoms with E-state index in [4.69, 9.17) is 9.84 Å². The highest BCUT2D eigenvalue weighted by Gasteiger charge is 2.35. The molecule has 17 heavy (non-hydrogen) atoms. The molecule has 2 N–H and O–H groups in total. The summed E-state index contributed by atoms with van der Waals surface area (Å²) < 4.78 is 5.29. The number of ether oxygens (including phenoxy) is 1. The van der Waals surface area contributed by atoms with Crippen LogP contribution in [0.5, 0.6) is 0 Å². The Labute approximate surface area is 102 Å². The Hall–Kier alpha value is -0.810. The fraction of sp³-hybridized carbons (Fsp3) is 0.917. The van der Waals surface area contributed by atoms with Crippen LogP contribution in [-0.2, 0) is 4.74 Å². The van der Waals surface area contributed by atoms with E-state index in [-0.39, 0.29) is 18.7 Å². The average Bonchev–Trinajstić information content (AvgIpc) is 2.63. The molecule has 1 aliphatic heterocycles.